The third-order valence-corrected chi connectivity index (χ3v) is 4.90. The molecule has 0 aliphatic heterocycles. The van der Waals surface area contributed by atoms with Gasteiger partial charge in [0.05, 0.1) is 30.7 Å². The molecule has 1 heterocycles. The maximum Gasteiger partial charge on any atom is 0.339 e. The van der Waals surface area contributed by atoms with E-state index in [4.69, 9.17) is 9.47 Å². The van der Waals surface area contributed by atoms with Crippen LogP contribution in [0.1, 0.15) is 22.3 Å². The molecule has 2 aromatic carbocycles. The van der Waals surface area contributed by atoms with Gasteiger partial charge in [0.2, 0.25) is 0 Å². The van der Waals surface area contributed by atoms with E-state index in [-0.39, 0.29) is 0 Å². The maximum atomic E-state index is 11.9. The van der Waals surface area contributed by atoms with Crippen LogP contribution in [0.3, 0.4) is 0 Å². The van der Waals surface area contributed by atoms with Crippen molar-refractivity contribution in [1.29, 1.82) is 5.26 Å². The largest absolute Gasteiger partial charge is 0.494 e. The predicted octanol–water partition coefficient (Wildman–Crippen LogP) is 4.97. The Morgan fingerprint density at radius 3 is 2.69 bits per heavy atom. The highest BCUT2D eigenvalue weighted by molar-refractivity contribution is 7.11. The van der Waals surface area contributed by atoms with E-state index in [0.717, 1.165) is 17.0 Å². The number of ether oxygens (including phenoxy) is 2. The number of nitrogens with one attached hydrogen (secondary N) is 1. The first-order valence-electron chi connectivity index (χ1n) is 8.89. The molecule has 0 atom stereocenters. The smallest absolute Gasteiger partial charge is 0.339 e. The van der Waals surface area contributed by atoms with Gasteiger partial charge in [0.15, 0.2) is 0 Å². The van der Waals surface area contributed by atoms with Crippen molar-refractivity contribution in [2.45, 2.75) is 6.92 Å². The van der Waals surface area contributed by atoms with Crippen molar-refractivity contribution in [1.82, 2.24) is 4.98 Å². The lowest BCUT2D eigenvalue weighted by atomic mass is 10.1. The molecule has 0 fully saturated rings. The zero-order chi connectivity index (χ0) is 20.6. The van der Waals surface area contributed by atoms with Crippen LogP contribution in [0.5, 0.6) is 5.75 Å². The highest BCUT2D eigenvalue weighted by atomic mass is 32.1. The summed E-state index contributed by atoms with van der Waals surface area (Å²) in [4.78, 5) is 16.4. The lowest BCUT2D eigenvalue weighted by molar-refractivity contribution is 0.0602. The first-order chi connectivity index (χ1) is 14.2. The molecule has 0 saturated carbocycles. The molecule has 6 nitrogen and oxygen atoms in total. The molecule has 0 bridgehead atoms. The van der Waals surface area contributed by atoms with Crippen LogP contribution in [0.2, 0.25) is 0 Å². The number of rotatable bonds is 7. The van der Waals surface area contributed by atoms with Crippen LogP contribution in [0, 0.1) is 11.3 Å². The summed E-state index contributed by atoms with van der Waals surface area (Å²) in [5.41, 5.74) is 3.03. The number of benzene rings is 2. The molecule has 3 rings (SSSR count). The second-order valence-corrected chi connectivity index (χ2v) is 6.70. The molecule has 0 aliphatic carbocycles. The van der Waals surface area contributed by atoms with Crippen molar-refractivity contribution in [3.8, 4) is 23.1 Å². The first-order valence-corrected chi connectivity index (χ1v) is 9.77. The Morgan fingerprint density at radius 2 is 2.00 bits per heavy atom. The lowest BCUT2D eigenvalue weighted by Crippen LogP contribution is -2.05. The van der Waals surface area contributed by atoms with Crippen LogP contribution in [0.15, 0.2) is 60.1 Å². The van der Waals surface area contributed by atoms with E-state index >= 15 is 0 Å². The number of thiazole rings is 1. The second kappa shape index (κ2) is 9.53. The van der Waals surface area contributed by atoms with E-state index in [1.807, 2.05) is 36.6 Å². The van der Waals surface area contributed by atoms with Gasteiger partial charge in [0.1, 0.15) is 22.4 Å². The summed E-state index contributed by atoms with van der Waals surface area (Å²) in [5, 5.41) is 15.1. The number of para-hydroxylation sites is 1. The van der Waals surface area contributed by atoms with Gasteiger partial charge in [0.25, 0.3) is 0 Å². The number of methoxy groups -OCH3 is 1. The molecular weight excluding hydrogens is 386 g/mol. The fourth-order valence-electron chi connectivity index (χ4n) is 2.61. The fourth-order valence-corrected chi connectivity index (χ4v) is 3.40. The Bertz CT molecular complexity index is 1070. The number of hydrogen-bond donors (Lipinski definition) is 1. The number of aromatic nitrogens is 1. The van der Waals surface area contributed by atoms with Crippen LogP contribution in [0.4, 0.5) is 5.69 Å². The van der Waals surface area contributed by atoms with Crippen molar-refractivity contribution in [3.63, 3.8) is 0 Å². The highest BCUT2D eigenvalue weighted by Gasteiger charge is 2.12. The molecular formula is C22H19N3O3S. The van der Waals surface area contributed by atoms with Crippen molar-refractivity contribution < 1.29 is 14.3 Å². The Balaban J connectivity index is 1.81. The number of hydrogen-bond acceptors (Lipinski definition) is 7. The average molecular weight is 405 g/mol. The summed E-state index contributed by atoms with van der Waals surface area (Å²) >= 11 is 1.38. The molecule has 0 spiro atoms. The molecule has 29 heavy (non-hydrogen) atoms. The zero-order valence-electron chi connectivity index (χ0n) is 16.0. The monoisotopic (exact) mass is 405 g/mol. The number of nitrogens with zero attached hydrogens (tertiary/aromatic N) is 2. The zero-order valence-corrected chi connectivity index (χ0v) is 16.8. The minimum Gasteiger partial charge on any atom is -0.494 e. The number of allylic oxidation sites excluding steroid dienone is 1. The summed E-state index contributed by atoms with van der Waals surface area (Å²) < 4.78 is 10.2. The van der Waals surface area contributed by atoms with Gasteiger partial charge in [-0.3, -0.25) is 0 Å². The Hall–Kier alpha value is -3.63. The quantitative estimate of drug-likeness (QED) is 0.441. The summed E-state index contributed by atoms with van der Waals surface area (Å²) in [6.07, 6.45) is 1.54. The van der Waals surface area contributed by atoms with Crippen molar-refractivity contribution in [3.05, 3.63) is 70.7 Å². The molecule has 0 amide bonds. The van der Waals surface area contributed by atoms with Crippen molar-refractivity contribution in [2.75, 3.05) is 19.0 Å². The average Bonchev–Trinajstić information content (AvgIpc) is 3.25. The summed E-state index contributed by atoms with van der Waals surface area (Å²) in [5.74, 6) is 0.352. The van der Waals surface area contributed by atoms with E-state index in [0.29, 0.717) is 28.4 Å². The number of carbonyl (C=O) groups is 1. The van der Waals surface area contributed by atoms with Gasteiger partial charge in [-0.1, -0.05) is 12.1 Å². The standard InChI is InChI=1S/C22H19N3O3S/c1-3-28-17-10-8-15(9-11-17)20-14-29-21(25-20)16(12-23)13-24-19-7-5-4-6-18(19)22(26)27-2/h4-11,13-14,24H,3H2,1-2H3/b16-13+. The van der Waals surface area contributed by atoms with Gasteiger partial charge >= 0.3 is 5.97 Å². The molecule has 0 saturated heterocycles. The molecule has 0 radical (unpaired) electrons. The third kappa shape index (κ3) is 4.81. The van der Waals surface area contributed by atoms with Gasteiger partial charge in [0, 0.05) is 17.1 Å². The molecule has 1 aromatic heterocycles. The summed E-state index contributed by atoms with van der Waals surface area (Å²) in [6, 6.07) is 16.7. The Kier molecular flexibility index (Phi) is 6.61. The normalized spacial score (nSPS) is 10.9. The van der Waals surface area contributed by atoms with Gasteiger partial charge in [-0.15, -0.1) is 11.3 Å². The summed E-state index contributed by atoms with van der Waals surface area (Å²) in [6.45, 7) is 2.55. The molecule has 3 aromatic rings. The van der Waals surface area contributed by atoms with Gasteiger partial charge in [-0.05, 0) is 43.3 Å². The van der Waals surface area contributed by atoms with E-state index in [1.165, 1.54) is 18.4 Å². The minimum atomic E-state index is -0.452. The molecule has 0 unspecified atom stereocenters. The third-order valence-electron chi connectivity index (χ3n) is 4.02. The van der Waals surface area contributed by atoms with Crippen LogP contribution in [-0.2, 0) is 4.74 Å². The Morgan fingerprint density at radius 1 is 1.24 bits per heavy atom. The number of anilines is 1. The lowest BCUT2D eigenvalue weighted by Gasteiger charge is -2.07. The van der Waals surface area contributed by atoms with Gasteiger partial charge in [-0.2, -0.15) is 5.26 Å². The van der Waals surface area contributed by atoms with Crippen molar-refractivity contribution >= 4 is 28.6 Å². The van der Waals surface area contributed by atoms with Gasteiger partial charge in [-0.25, -0.2) is 9.78 Å². The second-order valence-electron chi connectivity index (χ2n) is 5.85. The number of nitriles is 1. The predicted molar refractivity (Wildman–Crippen MR) is 114 cm³/mol. The van der Waals surface area contributed by atoms with Crippen molar-refractivity contribution in [2.24, 2.45) is 0 Å². The number of esters is 1. The first kappa shape index (κ1) is 20.1. The topological polar surface area (TPSA) is 84.2 Å². The molecule has 146 valence electrons. The molecule has 1 N–H and O–H groups in total. The highest BCUT2D eigenvalue weighted by Crippen LogP contribution is 2.27. The Labute approximate surface area is 173 Å². The fraction of sp³-hybridized carbons (Fsp3) is 0.136. The molecule has 0 aliphatic rings. The van der Waals surface area contributed by atoms with E-state index in [2.05, 4.69) is 16.4 Å². The summed E-state index contributed by atoms with van der Waals surface area (Å²) in [7, 11) is 1.33. The van der Waals surface area contributed by atoms with Crippen LogP contribution in [-0.4, -0.2) is 24.7 Å². The number of carbonyl (C=O) groups excluding carboxylic acids is 1. The maximum absolute atomic E-state index is 11.9. The van der Waals surface area contributed by atoms with Crippen LogP contribution < -0.4 is 10.1 Å². The van der Waals surface area contributed by atoms with Crippen LogP contribution in [0.25, 0.3) is 16.8 Å². The van der Waals surface area contributed by atoms with E-state index < -0.39 is 5.97 Å². The molecule has 7 heteroatoms. The van der Waals surface area contributed by atoms with Gasteiger partial charge < -0.3 is 14.8 Å². The minimum absolute atomic E-state index is 0.367. The van der Waals surface area contributed by atoms with Crippen LogP contribution >= 0.6 is 11.3 Å². The van der Waals surface area contributed by atoms with E-state index in [1.54, 1.807) is 30.5 Å². The SMILES string of the molecule is CCOc1ccc(-c2csc(/C(C#N)=C/Nc3ccccc3C(=O)OC)n2)cc1. The van der Waals surface area contributed by atoms with E-state index in [9.17, 15) is 10.1 Å².